The molecule has 2 atom stereocenters. The highest BCUT2D eigenvalue weighted by Gasteiger charge is 2.44. The van der Waals surface area contributed by atoms with E-state index in [0.29, 0.717) is 35.3 Å². The number of aliphatic carboxylic acids is 1. The molecule has 2 unspecified atom stereocenters. The van der Waals surface area contributed by atoms with Gasteiger partial charge in [-0.2, -0.15) is 0 Å². The smallest absolute Gasteiger partial charge is 0.338 e. The Morgan fingerprint density at radius 2 is 2.26 bits per heavy atom. The number of nitrogens with zero attached hydrogens (tertiary/aromatic N) is 3. The Hall–Kier alpha value is -2.86. The molecule has 0 bridgehead atoms. The summed E-state index contributed by atoms with van der Waals surface area (Å²) in [5.41, 5.74) is -0.366. The number of halogens is 2. The summed E-state index contributed by atoms with van der Waals surface area (Å²) in [5, 5.41) is 15.5. The predicted molar refractivity (Wildman–Crippen MR) is 123 cm³/mol. The van der Waals surface area contributed by atoms with Crippen LogP contribution in [-0.4, -0.2) is 71.7 Å². The summed E-state index contributed by atoms with van der Waals surface area (Å²) >= 11 is 7.69. The Morgan fingerprint density at radius 3 is 2.91 bits per heavy atom. The number of benzene rings is 1. The lowest BCUT2D eigenvalue weighted by Gasteiger charge is -2.42. The Labute approximate surface area is 203 Å². The number of aromatic nitrogens is 1. The third kappa shape index (κ3) is 4.56. The van der Waals surface area contributed by atoms with Gasteiger partial charge in [-0.3, -0.25) is 14.7 Å². The molecular weight excluding hydrogens is 487 g/mol. The molecule has 3 heterocycles. The van der Waals surface area contributed by atoms with E-state index in [2.05, 4.69) is 15.3 Å². The van der Waals surface area contributed by atoms with Crippen molar-refractivity contribution >= 4 is 40.7 Å². The third-order valence-electron chi connectivity index (χ3n) is 5.82. The van der Waals surface area contributed by atoms with Crippen molar-refractivity contribution in [2.45, 2.75) is 18.5 Å². The van der Waals surface area contributed by atoms with Crippen molar-refractivity contribution in [3.8, 4) is 0 Å². The number of rotatable bonds is 6. The molecule has 1 aromatic heterocycles. The van der Waals surface area contributed by atoms with Gasteiger partial charge in [-0.15, -0.1) is 11.3 Å². The van der Waals surface area contributed by atoms with Crippen LogP contribution in [0, 0.1) is 5.82 Å². The maximum Gasteiger partial charge on any atom is 0.338 e. The van der Waals surface area contributed by atoms with Crippen molar-refractivity contribution in [2.75, 3.05) is 33.4 Å². The molecule has 0 spiro atoms. The lowest BCUT2D eigenvalue weighted by Crippen LogP contribution is -2.61. The number of ether oxygens (including phenoxy) is 2. The molecule has 0 amide bonds. The third-order valence-corrected chi connectivity index (χ3v) is 6.93. The molecule has 0 saturated carbocycles. The second-order valence-corrected chi connectivity index (χ2v) is 9.25. The van der Waals surface area contributed by atoms with E-state index in [1.165, 1.54) is 30.6 Å². The molecule has 34 heavy (non-hydrogen) atoms. The summed E-state index contributed by atoms with van der Waals surface area (Å²) in [6.07, 6.45) is 1.62. The molecule has 2 aromatic rings. The molecule has 2 aliphatic heterocycles. The zero-order chi connectivity index (χ0) is 24.5. The number of carboxylic acid groups (broad SMARTS) is 1. The van der Waals surface area contributed by atoms with Gasteiger partial charge in [0.2, 0.25) is 0 Å². The fourth-order valence-corrected chi connectivity index (χ4v) is 4.75. The molecule has 1 saturated heterocycles. The highest BCUT2D eigenvalue weighted by Crippen LogP contribution is 2.37. The SMILES string of the molecule is COC(=O)C1=C(CN2CCOCC2(C)C(=O)O)NC(c2nccs2)=NC1c1ccc(F)cc1Cl. The maximum absolute atomic E-state index is 13.8. The first-order chi connectivity index (χ1) is 16.2. The second kappa shape index (κ2) is 9.79. The summed E-state index contributed by atoms with van der Waals surface area (Å²) < 4.78 is 24.2. The molecule has 0 aliphatic carbocycles. The number of carbonyl (C=O) groups excluding carboxylic acids is 1. The minimum Gasteiger partial charge on any atom is -0.480 e. The molecule has 4 rings (SSSR count). The van der Waals surface area contributed by atoms with E-state index < -0.39 is 29.3 Å². The van der Waals surface area contributed by atoms with Gasteiger partial charge in [-0.1, -0.05) is 17.7 Å². The highest BCUT2D eigenvalue weighted by atomic mass is 35.5. The summed E-state index contributed by atoms with van der Waals surface area (Å²) in [6, 6.07) is 2.93. The molecule has 12 heteroatoms. The van der Waals surface area contributed by atoms with Crippen LogP contribution < -0.4 is 5.32 Å². The van der Waals surface area contributed by atoms with Crippen molar-refractivity contribution in [2.24, 2.45) is 4.99 Å². The Morgan fingerprint density at radius 1 is 1.47 bits per heavy atom. The van der Waals surface area contributed by atoms with E-state index in [9.17, 15) is 19.1 Å². The van der Waals surface area contributed by atoms with Crippen LogP contribution in [0.3, 0.4) is 0 Å². The highest BCUT2D eigenvalue weighted by molar-refractivity contribution is 7.11. The van der Waals surface area contributed by atoms with E-state index in [-0.39, 0.29) is 23.7 Å². The lowest BCUT2D eigenvalue weighted by molar-refractivity contribution is -0.161. The van der Waals surface area contributed by atoms with Crippen molar-refractivity contribution < 1.29 is 28.6 Å². The first-order valence-electron chi connectivity index (χ1n) is 10.3. The molecular formula is C22H22ClFN4O5S. The number of carboxylic acids is 1. The number of carbonyl (C=O) groups is 2. The standard InChI is InChI=1S/C22H22ClFN4O5S/c1-22(21(30)31)11-33-7-6-28(22)10-15-16(20(29)32-2)17(13-4-3-12(24)9-14(13)23)27-18(26-15)19-25-5-8-34-19/h3-5,8-9,17H,6-7,10-11H2,1-2H3,(H,26,27)(H,30,31). The monoisotopic (exact) mass is 508 g/mol. The number of esters is 1. The van der Waals surface area contributed by atoms with E-state index >= 15 is 0 Å². The van der Waals surface area contributed by atoms with Crippen LogP contribution in [0.2, 0.25) is 5.02 Å². The molecule has 0 radical (unpaired) electrons. The summed E-state index contributed by atoms with van der Waals surface area (Å²) in [6.45, 7) is 2.29. The zero-order valence-electron chi connectivity index (χ0n) is 18.4. The fourth-order valence-electron chi connectivity index (χ4n) is 3.89. The fraction of sp³-hybridized carbons (Fsp3) is 0.364. The second-order valence-electron chi connectivity index (χ2n) is 7.95. The predicted octanol–water partition coefficient (Wildman–Crippen LogP) is 2.63. The normalized spacial score (nSPS) is 23.3. The quantitative estimate of drug-likeness (QED) is 0.572. The van der Waals surface area contributed by atoms with E-state index in [0.717, 1.165) is 6.07 Å². The number of nitrogens with one attached hydrogen (secondary N) is 1. The van der Waals surface area contributed by atoms with Gasteiger partial charge in [-0.05, 0) is 19.1 Å². The van der Waals surface area contributed by atoms with Gasteiger partial charge in [-0.25, -0.2) is 14.2 Å². The Bertz CT molecular complexity index is 1170. The lowest BCUT2D eigenvalue weighted by atomic mass is 9.93. The number of morpholine rings is 1. The summed E-state index contributed by atoms with van der Waals surface area (Å²) in [4.78, 5) is 35.8. The largest absolute Gasteiger partial charge is 0.480 e. The number of hydrogen-bond acceptors (Lipinski definition) is 9. The molecule has 2 aliphatic rings. The van der Waals surface area contributed by atoms with Crippen LogP contribution in [0.5, 0.6) is 0 Å². The first kappa shape index (κ1) is 24.3. The minimum atomic E-state index is -1.31. The van der Waals surface area contributed by atoms with Crippen LogP contribution in [0.15, 0.2) is 46.0 Å². The zero-order valence-corrected chi connectivity index (χ0v) is 20.0. The molecule has 1 aromatic carbocycles. The van der Waals surface area contributed by atoms with Crippen LogP contribution >= 0.6 is 22.9 Å². The van der Waals surface area contributed by atoms with Crippen molar-refractivity contribution in [1.29, 1.82) is 0 Å². The van der Waals surface area contributed by atoms with Gasteiger partial charge in [0, 0.05) is 40.9 Å². The molecule has 2 N–H and O–H groups in total. The minimum absolute atomic E-state index is 0.0101. The average Bonchev–Trinajstić information content (AvgIpc) is 3.35. The van der Waals surface area contributed by atoms with Gasteiger partial charge in [0.1, 0.15) is 17.4 Å². The van der Waals surface area contributed by atoms with Crippen molar-refractivity contribution in [1.82, 2.24) is 15.2 Å². The number of aliphatic imine (C=N–C) groups is 1. The number of hydrogen-bond donors (Lipinski definition) is 2. The number of thiazole rings is 1. The molecule has 1 fully saturated rings. The van der Waals surface area contributed by atoms with E-state index in [4.69, 9.17) is 21.1 Å². The first-order valence-corrected chi connectivity index (χ1v) is 11.6. The Kier molecular flexibility index (Phi) is 6.99. The summed E-state index contributed by atoms with van der Waals surface area (Å²) in [5.74, 6) is -1.86. The van der Waals surface area contributed by atoms with Gasteiger partial charge in [0.05, 0.1) is 25.9 Å². The van der Waals surface area contributed by atoms with Crippen LogP contribution in [0.4, 0.5) is 4.39 Å². The Balaban J connectivity index is 1.85. The van der Waals surface area contributed by atoms with Crippen LogP contribution in [0.1, 0.15) is 23.5 Å². The van der Waals surface area contributed by atoms with Gasteiger partial charge in [0.15, 0.2) is 10.8 Å². The number of methoxy groups -OCH3 is 1. The van der Waals surface area contributed by atoms with Gasteiger partial charge < -0.3 is 19.9 Å². The molecule has 9 nitrogen and oxygen atoms in total. The van der Waals surface area contributed by atoms with E-state index in [1.54, 1.807) is 23.4 Å². The van der Waals surface area contributed by atoms with Gasteiger partial charge in [0.25, 0.3) is 0 Å². The number of amidine groups is 1. The average molecular weight is 509 g/mol. The van der Waals surface area contributed by atoms with Crippen LogP contribution in [0.25, 0.3) is 0 Å². The van der Waals surface area contributed by atoms with Crippen LogP contribution in [-0.2, 0) is 19.1 Å². The van der Waals surface area contributed by atoms with Crippen molar-refractivity contribution in [3.05, 3.63) is 62.5 Å². The van der Waals surface area contributed by atoms with Gasteiger partial charge >= 0.3 is 11.9 Å². The maximum atomic E-state index is 13.8. The van der Waals surface area contributed by atoms with Crippen molar-refractivity contribution in [3.63, 3.8) is 0 Å². The van der Waals surface area contributed by atoms with E-state index in [1.807, 2.05) is 0 Å². The topological polar surface area (TPSA) is 113 Å². The molecule has 180 valence electrons. The summed E-state index contributed by atoms with van der Waals surface area (Å²) in [7, 11) is 1.24.